The van der Waals surface area contributed by atoms with E-state index >= 15 is 0 Å². The Morgan fingerprint density at radius 3 is 2.69 bits per heavy atom. The highest BCUT2D eigenvalue weighted by atomic mass is 16.5. The third-order valence-corrected chi connectivity index (χ3v) is 2.60. The van der Waals surface area contributed by atoms with Gasteiger partial charge in [-0.15, -0.1) is 0 Å². The van der Waals surface area contributed by atoms with E-state index in [1.165, 1.54) is 0 Å². The van der Waals surface area contributed by atoms with Gasteiger partial charge in [0.25, 0.3) is 0 Å². The van der Waals surface area contributed by atoms with Crippen LogP contribution in [0.3, 0.4) is 0 Å². The average Bonchev–Trinajstić information content (AvgIpc) is 2.29. The molecule has 1 N–H and O–H groups in total. The van der Waals surface area contributed by atoms with Gasteiger partial charge in [0.1, 0.15) is 5.75 Å². The highest BCUT2D eigenvalue weighted by molar-refractivity contribution is 6.02. The van der Waals surface area contributed by atoms with Gasteiger partial charge in [-0.05, 0) is 40.0 Å². The summed E-state index contributed by atoms with van der Waals surface area (Å²) in [5, 5.41) is 3.00. The first-order valence-corrected chi connectivity index (χ1v) is 5.48. The third-order valence-electron chi connectivity index (χ3n) is 2.60. The van der Waals surface area contributed by atoms with Crippen molar-refractivity contribution in [2.45, 2.75) is 26.3 Å². The van der Waals surface area contributed by atoms with Crippen molar-refractivity contribution in [2.75, 3.05) is 13.7 Å². The van der Waals surface area contributed by atoms with Crippen LogP contribution in [-0.4, -0.2) is 25.0 Å². The van der Waals surface area contributed by atoms with E-state index in [0.717, 1.165) is 5.75 Å². The molecule has 0 saturated heterocycles. The molecule has 0 aliphatic carbocycles. The zero-order valence-electron chi connectivity index (χ0n) is 10.3. The number of ether oxygens (including phenoxy) is 1. The van der Waals surface area contributed by atoms with Gasteiger partial charge >= 0.3 is 0 Å². The Morgan fingerprint density at radius 1 is 1.44 bits per heavy atom. The SMILES string of the molecule is CCOc1cccc(C(=O)C(C)(C)NC)c1. The molecule has 0 unspecified atom stereocenters. The van der Waals surface area contributed by atoms with E-state index in [0.29, 0.717) is 12.2 Å². The molecule has 0 aromatic heterocycles. The van der Waals surface area contributed by atoms with Gasteiger partial charge in [0, 0.05) is 5.56 Å². The second-order valence-electron chi connectivity index (χ2n) is 4.16. The second-order valence-corrected chi connectivity index (χ2v) is 4.16. The van der Waals surface area contributed by atoms with Gasteiger partial charge in [-0.3, -0.25) is 4.79 Å². The van der Waals surface area contributed by atoms with E-state index in [-0.39, 0.29) is 5.78 Å². The maximum absolute atomic E-state index is 12.1. The van der Waals surface area contributed by atoms with Gasteiger partial charge in [0.05, 0.1) is 12.1 Å². The lowest BCUT2D eigenvalue weighted by molar-refractivity contribution is 0.0889. The minimum atomic E-state index is -0.551. The lowest BCUT2D eigenvalue weighted by Crippen LogP contribution is -2.44. The molecule has 0 heterocycles. The van der Waals surface area contributed by atoms with Crippen LogP contribution in [-0.2, 0) is 0 Å². The predicted octanol–water partition coefficient (Wildman–Crippen LogP) is 2.27. The van der Waals surface area contributed by atoms with Crippen molar-refractivity contribution in [1.82, 2.24) is 5.32 Å². The average molecular weight is 221 g/mol. The van der Waals surface area contributed by atoms with Crippen molar-refractivity contribution in [3.05, 3.63) is 29.8 Å². The fourth-order valence-corrected chi connectivity index (χ4v) is 1.37. The summed E-state index contributed by atoms with van der Waals surface area (Å²) >= 11 is 0. The Kier molecular flexibility index (Phi) is 4.07. The number of rotatable bonds is 5. The topological polar surface area (TPSA) is 38.3 Å². The molecule has 3 heteroatoms. The molecule has 16 heavy (non-hydrogen) atoms. The minimum absolute atomic E-state index is 0.0663. The smallest absolute Gasteiger partial charge is 0.182 e. The Labute approximate surface area is 96.8 Å². The number of hydrogen-bond donors (Lipinski definition) is 1. The summed E-state index contributed by atoms with van der Waals surface area (Å²) in [4.78, 5) is 12.1. The normalized spacial score (nSPS) is 11.2. The molecule has 1 rings (SSSR count). The van der Waals surface area contributed by atoms with Crippen molar-refractivity contribution in [3.8, 4) is 5.75 Å². The number of benzene rings is 1. The second kappa shape index (κ2) is 5.12. The zero-order chi connectivity index (χ0) is 12.2. The molecule has 1 aromatic carbocycles. The van der Waals surface area contributed by atoms with Gasteiger partial charge in [-0.1, -0.05) is 12.1 Å². The summed E-state index contributed by atoms with van der Waals surface area (Å²) < 4.78 is 5.37. The van der Waals surface area contributed by atoms with Gasteiger partial charge in [-0.2, -0.15) is 0 Å². The third kappa shape index (κ3) is 2.83. The summed E-state index contributed by atoms with van der Waals surface area (Å²) in [7, 11) is 1.78. The maximum Gasteiger partial charge on any atom is 0.182 e. The van der Waals surface area contributed by atoms with E-state index in [1.54, 1.807) is 13.1 Å². The number of carbonyl (C=O) groups excluding carboxylic acids is 1. The molecule has 3 nitrogen and oxygen atoms in total. The largest absolute Gasteiger partial charge is 0.494 e. The fraction of sp³-hybridized carbons (Fsp3) is 0.462. The predicted molar refractivity (Wildman–Crippen MR) is 65.1 cm³/mol. The Bertz CT molecular complexity index is 372. The Balaban J connectivity index is 2.96. The van der Waals surface area contributed by atoms with E-state index < -0.39 is 5.54 Å². The molecule has 0 saturated carbocycles. The van der Waals surface area contributed by atoms with Crippen LogP contribution in [0.1, 0.15) is 31.1 Å². The maximum atomic E-state index is 12.1. The molecule has 0 fully saturated rings. The Morgan fingerprint density at radius 2 is 2.12 bits per heavy atom. The molecule has 0 radical (unpaired) electrons. The first-order chi connectivity index (χ1) is 7.51. The van der Waals surface area contributed by atoms with E-state index in [1.807, 2.05) is 39.0 Å². The van der Waals surface area contributed by atoms with Crippen molar-refractivity contribution < 1.29 is 9.53 Å². The highest BCUT2D eigenvalue weighted by Gasteiger charge is 2.26. The fourth-order valence-electron chi connectivity index (χ4n) is 1.37. The molecule has 0 atom stereocenters. The monoisotopic (exact) mass is 221 g/mol. The van der Waals surface area contributed by atoms with Crippen LogP contribution in [0.2, 0.25) is 0 Å². The van der Waals surface area contributed by atoms with Crippen LogP contribution in [0.15, 0.2) is 24.3 Å². The van der Waals surface area contributed by atoms with E-state index in [9.17, 15) is 4.79 Å². The summed E-state index contributed by atoms with van der Waals surface area (Å²) in [6, 6.07) is 7.28. The van der Waals surface area contributed by atoms with Crippen LogP contribution in [0.25, 0.3) is 0 Å². The van der Waals surface area contributed by atoms with Gasteiger partial charge in [0.2, 0.25) is 0 Å². The first-order valence-electron chi connectivity index (χ1n) is 5.48. The van der Waals surface area contributed by atoms with E-state index in [2.05, 4.69) is 5.32 Å². The molecule has 0 amide bonds. The molecular weight excluding hydrogens is 202 g/mol. The summed E-state index contributed by atoms with van der Waals surface area (Å²) in [6.45, 7) is 6.25. The quantitative estimate of drug-likeness (QED) is 0.775. The number of carbonyl (C=O) groups is 1. The zero-order valence-corrected chi connectivity index (χ0v) is 10.3. The molecule has 1 aromatic rings. The number of Topliss-reactive ketones (excluding diaryl/α,β-unsaturated/α-hetero) is 1. The van der Waals surface area contributed by atoms with Gasteiger partial charge < -0.3 is 10.1 Å². The summed E-state index contributed by atoms with van der Waals surface area (Å²) in [5.41, 5.74) is 0.121. The van der Waals surface area contributed by atoms with E-state index in [4.69, 9.17) is 4.74 Å². The Hall–Kier alpha value is -1.35. The van der Waals surface area contributed by atoms with Crippen LogP contribution < -0.4 is 10.1 Å². The van der Waals surface area contributed by atoms with Crippen LogP contribution in [0.5, 0.6) is 5.75 Å². The molecule has 88 valence electrons. The lowest BCUT2D eigenvalue weighted by atomic mass is 9.93. The van der Waals surface area contributed by atoms with Crippen LogP contribution >= 0.6 is 0 Å². The van der Waals surface area contributed by atoms with Crippen LogP contribution in [0.4, 0.5) is 0 Å². The number of ketones is 1. The summed E-state index contributed by atoms with van der Waals surface area (Å²) in [5.74, 6) is 0.803. The lowest BCUT2D eigenvalue weighted by Gasteiger charge is -2.22. The molecule has 0 bridgehead atoms. The first kappa shape index (κ1) is 12.7. The van der Waals surface area contributed by atoms with Gasteiger partial charge in [0.15, 0.2) is 5.78 Å². The number of likely N-dealkylation sites (N-methyl/N-ethyl adjacent to an activating group) is 1. The van der Waals surface area contributed by atoms with Crippen molar-refractivity contribution in [1.29, 1.82) is 0 Å². The standard InChI is InChI=1S/C13H19NO2/c1-5-16-11-8-6-7-10(9-11)12(15)13(2,3)14-4/h6-9,14H,5H2,1-4H3. The number of hydrogen-bond acceptors (Lipinski definition) is 3. The molecule has 0 aliphatic rings. The number of nitrogens with one attached hydrogen (secondary N) is 1. The van der Waals surface area contributed by atoms with Gasteiger partial charge in [-0.25, -0.2) is 0 Å². The molecule has 0 spiro atoms. The highest BCUT2D eigenvalue weighted by Crippen LogP contribution is 2.18. The molecular formula is C13H19NO2. The van der Waals surface area contributed by atoms with Crippen LogP contribution in [0, 0.1) is 0 Å². The minimum Gasteiger partial charge on any atom is -0.494 e. The van der Waals surface area contributed by atoms with Crippen molar-refractivity contribution in [3.63, 3.8) is 0 Å². The van der Waals surface area contributed by atoms with Crippen molar-refractivity contribution >= 4 is 5.78 Å². The summed E-state index contributed by atoms with van der Waals surface area (Å²) in [6.07, 6.45) is 0. The molecule has 0 aliphatic heterocycles. The van der Waals surface area contributed by atoms with Crippen molar-refractivity contribution in [2.24, 2.45) is 0 Å².